The molecule has 2 N–H and O–H groups in total. The van der Waals surface area contributed by atoms with Gasteiger partial charge in [-0.15, -0.1) is 0 Å². The average molecular weight is 281 g/mol. The first-order chi connectivity index (χ1) is 9.49. The summed E-state index contributed by atoms with van der Waals surface area (Å²) < 4.78 is 0. The highest BCUT2D eigenvalue weighted by Gasteiger charge is 2.38. The summed E-state index contributed by atoms with van der Waals surface area (Å²) >= 11 is 0. The van der Waals surface area contributed by atoms with Crippen LogP contribution in [0.25, 0.3) is 0 Å². The highest BCUT2D eigenvalue weighted by molar-refractivity contribution is 5.81. The summed E-state index contributed by atoms with van der Waals surface area (Å²) in [6, 6.07) is 0. The summed E-state index contributed by atoms with van der Waals surface area (Å²) in [5.41, 5.74) is 5.87. The van der Waals surface area contributed by atoms with Crippen LogP contribution < -0.4 is 5.73 Å². The van der Waals surface area contributed by atoms with E-state index in [2.05, 4.69) is 6.92 Å². The topological polar surface area (TPSA) is 66.6 Å². The van der Waals surface area contributed by atoms with Gasteiger partial charge in [0.05, 0.1) is 5.92 Å². The lowest BCUT2D eigenvalue weighted by atomic mass is 9.90. The van der Waals surface area contributed by atoms with E-state index in [4.69, 9.17) is 5.73 Å². The molecule has 2 atom stereocenters. The molecule has 5 nitrogen and oxygen atoms in total. The molecule has 20 heavy (non-hydrogen) atoms. The normalized spacial score (nSPS) is 30.6. The van der Waals surface area contributed by atoms with Crippen molar-refractivity contribution in [2.75, 3.05) is 32.7 Å². The number of carbonyl (C=O) groups is 2. The minimum absolute atomic E-state index is 0.0145. The first kappa shape index (κ1) is 15.3. The molecule has 0 aliphatic carbocycles. The number of piperidine rings is 1. The number of hydrogen-bond acceptors (Lipinski definition) is 3. The SMILES string of the molecule is CCC(=O)N1CCCC(C(=O)N2CCC(C)(CN)C2)C1. The van der Waals surface area contributed by atoms with Gasteiger partial charge in [0, 0.05) is 32.6 Å². The lowest BCUT2D eigenvalue weighted by Crippen LogP contribution is -2.46. The summed E-state index contributed by atoms with van der Waals surface area (Å²) in [4.78, 5) is 28.2. The smallest absolute Gasteiger partial charge is 0.227 e. The van der Waals surface area contributed by atoms with Crippen molar-refractivity contribution in [2.45, 2.75) is 39.5 Å². The predicted octanol–water partition coefficient (Wildman–Crippen LogP) is 0.832. The standard InChI is InChI=1S/C15H27N3O2/c1-3-13(19)17-7-4-5-12(9-17)14(20)18-8-6-15(2,10-16)11-18/h12H,3-11,16H2,1-2H3. The summed E-state index contributed by atoms with van der Waals surface area (Å²) in [6.45, 7) is 7.63. The Morgan fingerprint density at radius 2 is 2.05 bits per heavy atom. The van der Waals surface area contributed by atoms with Crippen LogP contribution in [0.5, 0.6) is 0 Å². The third-order valence-electron chi connectivity index (χ3n) is 4.79. The Labute approximate surface area is 121 Å². The van der Waals surface area contributed by atoms with E-state index in [1.165, 1.54) is 0 Å². The molecule has 2 rings (SSSR count). The molecule has 2 aliphatic heterocycles. The van der Waals surface area contributed by atoms with Crippen molar-refractivity contribution >= 4 is 11.8 Å². The van der Waals surface area contributed by atoms with Crippen LogP contribution >= 0.6 is 0 Å². The van der Waals surface area contributed by atoms with Gasteiger partial charge in [-0.25, -0.2) is 0 Å². The molecular weight excluding hydrogens is 254 g/mol. The number of rotatable bonds is 3. The van der Waals surface area contributed by atoms with E-state index in [1.54, 1.807) is 0 Å². The molecule has 2 aliphatic rings. The highest BCUT2D eigenvalue weighted by Crippen LogP contribution is 2.30. The second-order valence-corrected chi connectivity index (χ2v) is 6.56. The fourth-order valence-electron chi connectivity index (χ4n) is 3.27. The zero-order valence-electron chi connectivity index (χ0n) is 12.7. The first-order valence-electron chi connectivity index (χ1n) is 7.76. The fourth-order valence-corrected chi connectivity index (χ4v) is 3.27. The molecule has 0 aromatic carbocycles. The van der Waals surface area contributed by atoms with Gasteiger partial charge >= 0.3 is 0 Å². The van der Waals surface area contributed by atoms with Crippen molar-refractivity contribution in [1.29, 1.82) is 0 Å². The van der Waals surface area contributed by atoms with Gasteiger partial charge in [-0.3, -0.25) is 9.59 Å². The van der Waals surface area contributed by atoms with Gasteiger partial charge in [-0.1, -0.05) is 13.8 Å². The maximum absolute atomic E-state index is 12.6. The molecule has 0 spiro atoms. The first-order valence-corrected chi connectivity index (χ1v) is 7.76. The van der Waals surface area contributed by atoms with Crippen molar-refractivity contribution in [2.24, 2.45) is 17.1 Å². The molecule has 0 saturated carbocycles. The molecule has 5 heteroatoms. The number of nitrogens with two attached hydrogens (primary N) is 1. The quantitative estimate of drug-likeness (QED) is 0.833. The van der Waals surface area contributed by atoms with E-state index in [0.29, 0.717) is 19.5 Å². The second kappa shape index (κ2) is 6.12. The van der Waals surface area contributed by atoms with Crippen molar-refractivity contribution in [3.05, 3.63) is 0 Å². The van der Waals surface area contributed by atoms with Gasteiger partial charge < -0.3 is 15.5 Å². The Bertz CT molecular complexity index is 385. The number of likely N-dealkylation sites (tertiary alicyclic amines) is 2. The molecular formula is C15H27N3O2. The Kier molecular flexibility index (Phi) is 4.68. The average Bonchev–Trinajstić information content (AvgIpc) is 2.89. The molecule has 0 radical (unpaired) electrons. The minimum Gasteiger partial charge on any atom is -0.342 e. The van der Waals surface area contributed by atoms with Crippen LogP contribution in [0.15, 0.2) is 0 Å². The number of hydrogen-bond donors (Lipinski definition) is 1. The number of amides is 2. The van der Waals surface area contributed by atoms with Crippen LogP contribution in [-0.2, 0) is 9.59 Å². The maximum Gasteiger partial charge on any atom is 0.227 e. The van der Waals surface area contributed by atoms with Crippen LogP contribution in [0.3, 0.4) is 0 Å². The summed E-state index contributed by atoms with van der Waals surface area (Å²) in [7, 11) is 0. The van der Waals surface area contributed by atoms with Gasteiger partial charge in [-0.05, 0) is 31.2 Å². The van der Waals surface area contributed by atoms with Crippen molar-refractivity contribution in [3.8, 4) is 0 Å². The maximum atomic E-state index is 12.6. The molecule has 0 aromatic rings. The van der Waals surface area contributed by atoms with Crippen LogP contribution in [0.2, 0.25) is 0 Å². The zero-order chi connectivity index (χ0) is 14.8. The van der Waals surface area contributed by atoms with Gasteiger partial charge in [0.15, 0.2) is 0 Å². The van der Waals surface area contributed by atoms with Gasteiger partial charge in [-0.2, -0.15) is 0 Å². The third kappa shape index (κ3) is 3.14. The summed E-state index contributed by atoms with van der Waals surface area (Å²) in [5.74, 6) is 0.367. The molecule has 0 bridgehead atoms. The van der Waals surface area contributed by atoms with Crippen molar-refractivity contribution < 1.29 is 9.59 Å². The highest BCUT2D eigenvalue weighted by atomic mass is 16.2. The summed E-state index contributed by atoms with van der Waals surface area (Å²) in [6.07, 6.45) is 3.35. The molecule has 114 valence electrons. The minimum atomic E-state index is -0.0145. The summed E-state index contributed by atoms with van der Waals surface area (Å²) in [5, 5.41) is 0. The molecule has 2 heterocycles. The van der Waals surface area contributed by atoms with Gasteiger partial charge in [0.1, 0.15) is 0 Å². The Morgan fingerprint density at radius 1 is 1.30 bits per heavy atom. The van der Waals surface area contributed by atoms with Crippen LogP contribution in [0, 0.1) is 11.3 Å². The fraction of sp³-hybridized carbons (Fsp3) is 0.867. The van der Waals surface area contributed by atoms with E-state index < -0.39 is 0 Å². The molecule has 2 unspecified atom stereocenters. The largest absolute Gasteiger partial charge is 0.342 e. The van der Waals surface area contributed by atoms with Crippen LogP contribution in [-0.4, -0.2) is 54.3 Å². The lowest BCUT2D eigenvalue weighted by molar-refractivity contribution is -0.140. The van der Waals surface area contributed by atoms with Crippen molar-refractivity contribution in [1.82, 2.24) is 9.80 Å². The van der Waals surface area contributed by atoms with E-state index in [9.17, 15) is 9.59 Å². The Balaban J connectivity index is 1.94. The van der Waals surface area contributed by atoms with Crippen LogP contribution in [0.1, 0.15) is 39.5 Å². The lowest BCUT2D eigenvalue weighted by Gasteiger charge is -2.34. The van der Waals surface area contributed by atoms with Gasteiger partial charge in [0.25, 0.3) is 0 Å². The van der Waals surface area contributed by atoms with E-state index in [0.717, 1.165) is 38.9 Å². The van der Waals surface area contributed by atoms with E-state index in [-0.39, 0.29) is 23.1 Å². The molecule has 2 amide bonds. The third-order valence-corrected chi connectivity index (χ3v) is 4.79. The van der Waals surface area contributed by atoms with Crippen LogP contribution in [0.4, 0.5) is 0 Å². The van der Waals surface area contributed by atoms with Crippen molar-refractivity contribution in [3.63, 3.8) is 0 Å². The number of nitrogens with zero attached hydrogens (tertiary/aromatic N) is 2. The Morgan fingerprint density at radius 3 is 2.65 bits per heavy atom. The number of carbonyl (C=O) groups excluding carboxylic acids is 2. The monoisotopic (exact) mass is 281 g/mol. The zero-order valence-corrected chi connectivity index (χ0v) is 12.7. The molecule has 0 aromatic heterocycles. The Hall–Kier alpha value is -1.10. The van der Waals surface area contributed by atoms with E-state index >= 15 is 0 Å². The molecule has 2 saturated heterocycles. The second-order valence-electron chi connectivity index (χ2n) is 6.56. The van der Waals surface area contributed by atoms with Gasteiger partial charge in [0.2, 0.25) is 11.8 Å². The van der Waals surface area contributed by atoms with E-state index in [1.807, 2.05) is 16.7 Å². The predicted molar refractivity (Wildman–Crippen MR) is 78.0 cm³/mol. The molecule has 2 fully saturated rings.